The van der Waals surface area contributed by atoms with E-state index in [2.05, 4.69) is 15.4 Å². The Balaban J connectivity index is 1.72. The third-order valence-corrected chi connectivity index (χ3v) is 3.57. The number of hydrogen-bond donors (Lipinski definition) is 2. The van der Waals surface area contributed by atoms with E-state index in [1.54, 1.807) is 0 Å². The highest BCUT2D eigenvalue weighted by Crippen LogP contribution is 2.27. The van der Waals surface area contributed by atoms with Crippen molar-refractivity contribution >= 4 is 17.6 Å². The van der Waals surface area contributed by atoms with Crippen LogP contribution in [0.3, 0.4) is 0 Å². The van der Waals surface area contributed by atoms with Crippen LogP contribution in [0.4, 0.5) is 0 Å². The number of nitrogens with one attached hydrogen (secondary N) is 1. The quantitative estimate of drug-likeness (QED) is 0.749. The average molecular weight is 330 g/mol. The highest BCUT2D eigenvalue weighted by atomic mass is 35.5. The third kappa shape index (κ3) is 3.32. The minimum Gasteiger partial charge on any atom is -0.476 e. The van der Waals surface area contributed by atoms with Crippen molar-refractivity contribution in [2.45, 2.75) is 6.61 Å². The number of hydrogen-bond acceptors (Lipinski definition) is 4. The van der Waals surface area contributed by atoms with Crippen molar-refractivity contribution in [3.8, 4) is 17.0 Å². The normalized spacial score (nSPS) is 10.5. The Labute approximate surface area is 136 Å². The summed E-state index contributed by atoms with van der Waals surface area (Å²) < 4.78 is 5.38. The molecule has 23 heavy (non-hydrogen) atoms. The Morgan fingerprint density at radius 2 is 1.91 bits per heavy atom. The van der Waals surface area contributed by atoms with Gasteiger partial charge in [-0.2, -0.15) is 0 Å². The minimum atomic E-state index is -1.17. The molecule has 0 unspecified atom stereocenters. The lowest BCUT2D eigenvalue weighted by Gasteiger charge is -2.07. The molecule has 6 nitrogen and oxygen atoms in total. The zero-order valence-corrected chi connectivity index (χ0v) is 12.6. The molecule has 1 heterocycles. The van der Waals surface area contributed by atoms with E-state index in [4.69, 9.17) is 21.4 Å². The van der Waals surface area contributed by atoms with Gasteiger partial charge in [0.15, 0.2) is 0 Å². The molecule has 0 radical (unpaired) electrons. The van der Waals surface area contributed by atoms with Crippen LogP contribution >= 0.6 is 11.6 Å². The molecule has 0 amide bonds. The van der Waals surface area contributed by atoms with Gasteiger partial charge in [0.2, 0.25) is 5.69 Å². The van der Waals surface area contributed by atoms with Gasteiger partial charge in [-0.05, 0) is 17.2 Å². The summed E-state index contributed by atoms with van der Waals surface area (Å²) >= 11 is 6.18. The highest BCUT2D eigenvalue weighted by molar-refractivity contribution is 6.33. The van der Waals surface area contributed by atoms with Gasteiger partial charge in [-0.25, -0.2) is 9.89 Å². The second kappa shape index (κ2) is 6.50. The van der Waals surface area contributed by atoms with Gasteiger partial charge < -0.3 is 9.84 Å². The van der Waals surface area contributed by atoms with Gasteiger partial charge in [0.25, 0.3) is 5.88 Å². The summed E-state index contributed by atoms with van der Waals surface area (Å²) in [6, 6.07) is 15.2. The lowest BCUT2D eigenvalue weighted by atomic mass is 10.0. The summed E-state index contributed by atoms with van der Waals surface area (Å²) in [5.74, 6) is -1.20. The first kappa shape index (κ1) is 15.1. The third-order valence-electron chi connectivity index (χ3n) is 3.24. The molecule has 0 saturated carbocycles. The van der Waals surface area contributed by atoms with Crippen molar-refractivity contribution in [1.29, 1.82) is 0 Å². The van der Waals surface area contributed by atoms with Crippen molar-refractivity contribution in [2.24, 2.45) is 0 Å². The number of H-pyrrole nitrogens is 1. The topological polar surface area (TPSA) is 88.1 Å². The molecule has 2 aromatic carbocycles. The van der Waals surface area contributed by atoms with E-state index in [1.165, 1.54) is 0 Å². The molecule has 7 heteroatoms. The van der Waals surface area contributed by atoms with Crippen LogP contribution in [0, 0.1) is 0 Å². The van der Waals surface area contributed by atoms with Crippen molar-refractivity contribution in [2.75, 3.05) is 0 Å². The van der Waals surface area contributed by atoms with Crippen molar-refractivity contribution in [3.05, 3.63) is 64.8 Å². The molecule has 0 saturated heterocycles. The lowest BCUT2D eigenvalue weighted by molar-refractivity contribution is 0.0685. The molecule has 0 spiro atoms. The number of benzene rings is 2. The smallest absolute Gasteiger partial charge is 0.359 e. The summed E-state index contributed by atoms with van der Waals surface area (Å²) in [6.07, 6.45) is 0. The van der Waals surface area contributed by atoms with Crippen LogP contribution in [-0.2, 0) is 6.61 Å². The monoisotopic (exact) mass is 329 g/mol. The first-order valence-corrected chi connectivity index (χ1v) is 7.14. The molecular formula is C16H12ClN3O3. The molecule has 0 bridgehead atoms. The zero-order valence-electron chi connectivity index (χ0n) is 11.9. The van der Waals surface area contributed by atoms with Gasteiger partial charge in [-0.15, -0.1) is 0 Å². The summed E-state index contributed by atoms with van der Waals surface area (Å²) in [6.45, 7) is 0.190. The molecule has 0 aliphatic heterocycles. The molecule has 0 fully saturated rings. The van der Waals surface area contributed by atoms with E-state index in [1.807, 2.05) is 48.5 Å². The van der Waals surface area contributed by atoms with Gasteiger partial charge >= 0.3 is 5.97 Å². The van der Waals surface area contributed by atoms with Crippen LogP contribution in [0.5, 0.6) is 5.88 Å². The summed E-state index contributed by atoms with van der Waals surface area (Å²) in [5.41, 5.74) is 2.65. The van der Waals surface area contributed by atoms with E-state index >= 15 is 0 Å². The number of carboxylic acid groups (broad SMARTS) is 1. The van der Waals surface area contributed by atoms with Crippen LogP contribution in [0.25, 0.3) is 11.1 Å². The van der Waals surface area contributed by atoms with E-state index in [0.717, 1.165) is 16.7 Å². The van der Waals surface area contributed by atoms with Gasteiger partial charge in [0.1, 0.15) is 6.61 Å². The van der Waals surface area contributed by atoms with Crippen molar-refractivity contribution in [3.63, 3.8) is 0 Å². The summed E-state index contributed by atoms with van der Waals surface area (Å²) in [5, 5.41) is 18.9. The number of carbonyl (C=O) groups is 1. The van der Waals surface area contributed by atoms with Gasteiger partial charge in [0.05, 0.1) is 0 Å². The molecule has 116 valence electrons. The first-order valence-electron chi connectivity index (χ1n) is 6.76. The Kier molecular flexibility index (Phi) is 4.25. The molecule has 0 aliphatic rings. The van der Waals surface area contributed by atoms with Gasteiger partial charge in [-0.3, -0.25) is 0 Å². The molecular weight excluding hydrogens is 318 g/mol. The minimum absolute atomic E-state index is 0.0346. The van der Waals surface area contributed by atoms with Crippen molar-refractivity contribution in [1.82, 2.24) is 15.4 Å². The van der Waals surface area contributed by atoms with Crippen LogP contribution in [0.1, 0.15) is 16.1 Å². The number of aromatic carboxylic acids is 1. The number of carboxylic acids is 1. The maximum Gasteiger partial charge on any atom is 0.359 e. The fourth-order valence-electron chi connectivity index (χ4n) is 2.09. The van der Waals surface area contributed by atoms with Crippen LogP contribution < -0.4 is 4.74 Å². The SMILES string of the molecule is O=C(O)c1[nH]nnc1OCc1ccc(-c2ccccc2Cl)cc1. The van der Waals surface area contributed by atoms with E-state index in [0.29, 0.717) is 5.02 Å². The molecule has 0 atom stereocenters. The second-order valence-corrected chi connectivity index (χ2v) is 5.17. The Morgan fingerprint density at radius 1 is 1.17 bits per heavy atom. The van der Waals surface area contributed by atoms with Crippen LogP contribution in [0.15, 0.2) is 48.5 Å². The molecule has 2 N–H and O–H groups in total. The van der Waals surface area contributed by atoms with E-state index in [9.17, 15) is 4.79 Å². The average Bonchev–Trinajstić information content (AvgIpc) is 3.03. The Hall–Kier alpha value is -2.86. The second-order valence-electron chi connectivity index (χ2n) is 4.76. The number of aromatic amines is 1. The predicted octanol–water partition coefficient (Wildman–Crippen LogP) is 3.40. The van der Waals surface area contributed by atoms with Gasteiger partial charge in [0, 0.05) is 10.6 Å². The lowest BCUT2D eigenvalue weighted by Crippen LogP contribution is -2.03. The standard InChI is InChI=1S/C16H12ClN3O3/c17-13-4-2-1-3-12(13)11-7-5-10(6-8-11)9-23-15-14(16(21)22)18-20-19-15/h1-8H,9H2,(H,21,22)(H,18,19,20). The number of aromatic nitrogens is 3. The Morgan fingerprint density at radius 3 is 2.61 bits per heavy atom. The first-order chi connectivity index (χ1) is 11.1. The summed E-state index contributed by atoms with van der Waals surface area (Å²) in [4.78, 5) is 10.9. The Bertz CT molecular complexity index is 831. The number of ether oxygens (including phenoxy) is 1. The van der Waals surface area contributed by atoms with Gasteiger partial charge in [-0.1, -0.05) is 64.4 Å². The van der Waals surface area contributed by atoms with E-state index in [-0.39, 0.29) is 18.2 Å². The highest BCUT2D eigenvalue weighted by Gasteiger charge is 2.15. The van der Waals surface area contributed by atoms with Crippen molar-refractivity contribution < 1.29 is 14.6 Å². The fraction of sp³-hybridized carbons (Fsp3) is 0.0625. The van der Waals surface area contributed by atoms with E-state index < -0.39 is 5.97 Å². The largest absolute Gasteiger partial charge is 0.476 e. The summed E-state index contributed by atoms with van der Waals surface area (Å²) in [7, 11) is 0. The number of nitrogens with zero attached hydrogens (tertiary/aromatic N) is 2. The van der Waals surface area contributed by atoms with Crippen LogP contribution in [-0.4, -0.2) is 26.5 Å². The fourth-order valence-corrected chi connectivity index (χ4v) is 2.33. The predicted molar refractivity (Wildman–Crippen MR) is 84.6 cm³/mol. The molecule has 3 aromatic rings. The zero-order chi connectivity index (χ0) is 16.2. The number of halogens is 1. The maximum atomic E-state index is 10.9. The van der Waals surface area contributed by atoms with Crippen LogP contribution in [0.2, 0.25) is 5.02 Å². The number of rotatable bonds is 5. The molecule has 1 aromatic heterocycles. The maximum absolute atomic E-state index is 10.9. The molecule has 0 aliphatic carbocycles. The molecule has 3 rings (SSSR count).